The lowest BCUT2D eigenvalue weighted by molar-refractivity contribution is 0.378. The average molecular weight is 357 g/mol. The molecule has 0 saturated carbocycles. The van der Waals surface area contributed by atoms with E-state index in [2.05, 4.69) is 5.32 Å². The van der Waals surface area contributed by atoms with Gasteiger partial charge in [0.05, 0.1) is 10.8 Å². The van der Waals surface area contributed by atoms with Crippen molar-refractivity contribution in [1.82, 2.24) is 9.62 Å². The van der Waals surface area contributed by atoms with Crippen LogP contribution in [0.15, 0.2) is 18.2 Å². The van der Waals surface area contributed by atoms with Crippen molar-refractivity contribution >= 4 is 34.0 Å². The van der Waals surface area contributed by atoms with Crippen LogP contribution in [0.25, 0.3) is 0 Å². The van der Waals surface area contributed by atoms with Crippen LogP contribution in [0.2, 0.25) is 5.02 Å². The molecule has 0 aliphatic carbocycles. The summed E-state index contributed by atoms with van der Waals surface area (Å²) in [4.78, 5) is 0. The third-order valence-electron chi connectivity index (χ3n) is 3.45. The van der Waals surface area contributed by atoms with Gasteiger partial charge in [0.15, 0.2) is 0 Å². The highest BCUT2D eigenvalue weighted by Crippen LogP contribution is 2.24. The van der Waals surface area contributed by atoms with Crippen LogP contribution >= 0.6 is 24.0 Å². The van der Waals surface area contributed by atoms with Crippen LogP contribution in [0.5, 0.6) is 0 Å². The molecule has 2 rings (SSSR count). The van der Waals surface area contributed by atoms with E-state index in [9.17, 15) is 12.8 Å². The number of rotatable bonds is 5. The molecule has 1 aromatic rings. The van der Waals surface area contributed by atoms with E-state index in [4.69, 9.17) is 11.6 Å². The summed E-state index contributed by atoms with van der Waals surface area (Å²) in [6, 6.07) is 4.03. The molecule has 0 radical (unpaired) electrons. The number of hydrogen-bond acceptors (Lipinski definition) is 3. The Morgan fingerprint density at radius 1 is 1.48 bits per heavy atom. The summed E-state index contributed by atoms with van der Waals surface area (Å²) in [6.07, 6.45) is 1.74. The predicted octanol–water partition coefficient (Wildman–Crippen LogP) is 2.41. The number of benzene rings is 1. The van der Waals surface area contributed by atoms with E-state index in [0.29, 0.717) is 18.7 Å². The molecule has 0 bridgehead atoms. The van der Waals surface area contributed by atoms with Crippen molar-refractivity contribution in [3.8, 4) is 0 Å². The maximum absolute atomic E-state index is 13.1. The Hall–Kier alpha value is -0.400. The minimum absolute atomic E-state index is 0. The van der Waals surface area contributed by atoms with Crippen molar-refractivity contribution in [3.63, 3.8) is 0 Å². The fourth-order valence-electron chi connectivity index (χ4n) is 2.54. The molecule has 1 aliphatic heterocycles. The second kappa shape index (κ2) is 7.74. The van der Waals surface area contributed by atoms with Gasteiger partial charge >= 0.3 is 0 Å². The van der Waals surface area contributed by atoms with Crippen molar-refractivity contribution < 1.29 is 12.8 Å². The van der Waals surface area contributed by atoms with Gasteiger partial charge in [-0.05, 0) is 37.6 Å². The van der Waals surface area contributed by atoms with Gasteiger partial charge in [-0.2, -0.15) is 4.31 Å². The van der Waals surface area contributed by atoms with Crippen LogP contribution in [0.3, 0.4) is 0 Å². The first kappa shape index (κ1) is 18.6. The molecule has 1 heterocycles. The van der Waals surface area contributed by atoms with Gasteiger partial charge in [0.25, 0.3) is 0 Å². The van der Waals surface area contributed by atoms with Crippen molar-refractivity contribution in [1.29, 1.82) is 0 Å². The highest BCUT2D eigenvalue weighted by molar-refractivity contribution is 7.88. The lowest BCUT2D eigenvalue weighted by atomic mass is 10.2. The van der Waals surface area contributed by atoms with Gasteiger partial charge in [-0.3, -0.25) is 0 Å². The smallest absolute Gasteiger partial charge is 0.218 e. The minimum Gasteiger partial charge on any atom is -0.318 e. The zero-order chi connectivity index (χ0) is 14.8. The first-order chi connectivity index (χ1) is 9.44. The van der Waals surface area contributed by atoms with E-state index in [-0.39, 0.29) is 29.2 Å². The van der Waals surface area contributed by atoms with E-state index >= 15 is 0 Å². The zero-order valence-electron chi connectivity index (χ0n) is 11.7. The standard InChI is InChI=1S/C13H18ClFN2O2S.ClH/c1-16-8-11-3-2-6-17(11)20(18,19)9-10-4-5-13(15)12(14)7-10;/h4-5,7,11,16H,2-3,6,8-9H2,1H3;1H. The van der Waals surface area contributed by atoms with Gasteiger partial charge in [-0.1, -0.05) is 17.7 Å². The molecule has 120 valence electrons. The lowest BCUT2D eigenvalue weighted by Crippen LogP contribution is -2.41. The van der Waals surface area contributed by atoms with Crippen molar-refractivity contribution in [2.75, 3.05) is 20.1 Å². The molecule has 1 aliphatic rings. The van der Waals surface area contributed by atoms with Crippen molar-refractivity contribution in [2.24, 2.45) is 0 Å². The van der Waals surface area contributed by atoms with Crippen LogP contribution in [0, 0.1) is 5.82 Å². The maximum atomic E-state index is 13.1. The SMILES string of the molecule is CNCC1CCCN1S(=O)(=O)Cc1ccc(F)c(Cl)c1.Cl. The quantitative estimate of drug-likeness (QED) is 0.881. The molecule has 0 aromatic heterocycles. The predicted molar refractivity (Wildman–Crippen MR) is 84.9 cm³/mol. The van der Waals surface area contributed by atoms with E-state index < -0.39 is 15.8 Å². The third kappa shape index (κ3) is 4.53. The topological polar surface area (TPSA) is 49.4 Å². The van der Waals surface area contributed by atoms with E-state index in [1.54, 1.807) is 4.31 Å². The molecule has 1 saturated heterocycles. The number of likely N-dealkylation sites (N-methyl/N-ethyl adjacent to an activating group) is 1. The van der Waals surface area contributed by atoms with Crippen molar-refractivity contribution in [3.05, 3.63) is 34.6 Å². The molecule has 1 N–H and O–H groups in total. The zero-order valence-corrected chi connectivity index (χ0v) is 14.1. The number of sulfonamides is 1. The van der Waals surface area contributed by atoms with Crippen LogP contribution < -0.4 is 5.32 Å². The Balaban J connectivity index is 0.00000220. The van der Waals surface area contributed by atoms with Gasteiger partial charge < -0.3 is 5.32 Å². The normalized spacial score (nSPS) is 19.5. The monoisotopic (exact) mass is 356 g/mol. The number of nitrogens with one attached hydrogen (secondary N) is 1. The molecule has 1 aromatic carbocycles. The Kier molecular flexibility index (Phi) is 6.87. The lowest BCUT2D eigenvalue weighted by Gasteiger charge is -2.23. The molecular weight excluding hydrogens is 338 g/mol. The second-order valence-corrected chi connectivity index (χ2v) is 7.30. The fourth-order valence-corrected chi connectivity index (χ4v) is 4.55. The van der Waals surface area contributed by atoms with Crippen LogP contribution in [-0.4, -0.2) is 38.9 Å². The van der Waals surface area contributed by atoms with E-state index in [0.717, 1.165) is 12.8 Å². The first-order valence-electron chi connectivity index (χ1n) is 6.52. The van der Waals surface area contributed by atoms with Gasteiger partial charge in [-0.25, -0.2) is 12.8 Å². The minimum atomic E-state index is -3.40. The average Bonchev–Trinajstić information content (AvgIpc) is 2.83. The summed E-state index contributed by atoms with van der Waals surface area (Å²) >= 11 is 5.69. The summed E-state index contributed by atoms with van der Waals surface area (Å²) in [7, 11) is -1.59. The summed E-state index contributed by atoms with van der Waals surface area (Å²) in [5, 5.41) is 2.97. The van der Waals surface area contributed by atoms with Gasteiger partial charge in [0.2, 0.25) is 10.0 Å². The highest BCUT2D eigenvalue weighted by Gasteiger charge is 2.33. The van der Waals surface area contributed by atoms with Crippen molar-refractivity contribution in [2.45, 2.75) is 24.6 Å². The van der Waals surface area contributed by atoms with Crippen LogP contribution in [0.1, 0.15) is 18.4 Å². The van der Waals surface area contributed by atoms with E-state index in [1.165, 1.54) is 18.2 Å². The Morgan fingerprint density at radius 2 is 2.19 bits per heavy atom. The molecule has 21 heavy (non-hydrogen) atoms. The molecule has 8 heteroatoms. The summed E-state index contributed by atoms with van der Waals surface area (Å²) < 4.78 is 39.5. The first-order valence-corrected chi connectivity index (χ1v) is 8.51. The summed E-state index contributed by atoms with van der Waals surface area (Å²) in [5.74, 6) is -0.685. The Labute approximate surface area is 136 Å². The summed E-state index contributed by atoms with van der Waals surface area (Å²) in [5.41, 5.74) is 0.506. The Morgan fingerprint density at radius 3 is 2.81 bits per heavy atom. The Bertz CT molecular complexity index is 584. The molecule has 1 fully saturated rings. The molecule has 0 amide bonds. The number of nitrogens with zero attached hydrogens (tertiary/aromatic N) is 1. The second-order valence-electron chi connectivity index (χ2n) is 4.97. The number of halogens is 3. The fraction of sp³-hybridized carbons (Fsp3) is 0.538. The molecule has 1 unspecified atom stereocenters. The van der Waals surface area contributed by atoms with Gasteiger partial charge in [0.1, 0.15) is 5.82 Å². The largest absolute Gasteiger partial charge is 0.318 e. The summed E-state index contributed by atoms with van der Waals surface area (Å²) in [6.45, 7) is 1.19. The number of hydrogen-bond donors (Lipinski definition) is 1. The molecule has 0 spiro atoms. The maximum Gasteiger partial charge on any atom is 0.218 e. The van der Waals surface area contributed by atoms with Gasteiger partial charge in [-0.15, -0.1) is 12.4 Å². The van der Waals surface area contributed by atoms with Crippen LogP contribution in [0.4, 0.5) is 4.39 Å². The molecule has 1 atom stereocenters. The third-order valence-corrected chi connectivity index (χ3v) is 5.64. The molecular formula is C13H19Cl2FN2O2S. The highest BCUT2D eigenvalue weighted by atomic mass is 35.5. The van der Waals surface area contributed by atoms with E-state index in [1.807, 2.05) is 7.05 Å². The molecule has 4 nitrogen and oxygen atoms in total. The van der Waals surface area contributed by atoms with Gasteiger partial charge in [0, 0.05) is 19.1 Å². The van der Waals surface area contributed by atoms with Crippen LogP contribution in [-0.2, 0) is 15.8 Å².